The Morgan fingerprint density at radius 3 is 0.596 bits per heavy atom. The zero-order chi connectivity index (χ0) is 33.9. The molecule has 3 radical (unpaired) electrons. The molecule has 8 N–H and O–H groups in total. The Morgan fingerprint density at radius 1 is 0.362 bits per heavy atom. The van der Waals surface area contributed by atoms with Gasteiger partial charge in [0.15, 0.2) is 0 Å². The van der Waals surface area contributed by atoms with Crippen molar-refractivity contribution < 1.29 is 72.3 Å². The van der Waals surface area contributed by atoms with Crippen LogP contribution in [-0.2, 0) is 40.5 Å². The van der Waals surface area contributed by atoms with Crippen molar-refractivity contribution in [1.29, 1.82) is 0 Å². The van der Waals surface area contributed by atoms with Gasteiger partial charge in [-0.25, -0.2) is 0 Å². The van der Waals surface area contributed by atoms with Crippen LogP contribution >= 0.6 is 0 Å². The van der Waals surface area contributed by atoms with Gasteiger partial charge in [0.05, 0.1) is 24.4 Å². The van der Waals surface area contributed by atoms with Gasteiger partial charge in [0, 0.05) is 167 Å². The van der Waals surface area contributed by atoms with E-state index in [1.165, 1.54) is 0 Å². The summed E-state index contributed by atoms with van der Waals surface area (Å²) in [5.41, 5.74) is 0. The number of β-amino-alcohol motifs (C(OH)–C–C–N with tert-alkyl or cyclic N) is 4. The van der Waals surface area contributed by atoms with Gasteiger partial charge in [0.2, 0.25) is 0 Å². The van der Waals surface area contributed by atoms with Gasteiger partial charge in [-0.2, -0.15) is 33.7 Å². The molecule has 20 nitrogen and oxygen atoms in total. The predicted molar refractivity (Wildman–Crippen MR) is 173 cm³/mol. The van der Waals surface area contributed by atoms with Crippen LogP contribution < -0.4 is 0 Å². The first kappa shape index (κ1) is 53.7. The van der Waals surface area contributed by atoms with Gasteiger partial charge >= 0.3 is 0 Å². The molecular weight excluding hydrogens is 749 g/mol. The molecule has 0 aromatic rings. The van der Waals surface area contributed by atoms with Crippen LogP contribution in [0.5, 0.6) is 0 Å². The van der Waals surface area contributed by atoms with Crippen molar-refractivity contribution in [1.82, 2.24) is 19.6 Å². The van der Waals surface area contributed by atoms with Crippen LogP contribution in [0.4, 0.5) is 0 Å². The van der Waals surface area contributed by atoms with Crippen LogP contribution in [0.15, 0.2) is 0 Å². The third kappa shape index (κ3) is 30.5. The van der Waals surface area contributed by atoms with Crippen molar-refractivity contribution in [2.24, 2.45) is 0 Å². The molecule has 0 aromatic heterocycles. The van der Waals surface area contributed by atoms with Gasteiger partial charge in [-0.05, 0) is 0 Å². The summed E-state index contributed by atoms with van der Waals surface area (Å²) in [7, 11) is -16.9. The first-order valence-corrected chi connectivity index (χ1v) is 19.7. The predicted octanol–water partition coefficient (Wildman–Crippen LogP) is -6.94. The molecular formula is C20H44N4Na3O16S4. The number of hydrogen-bond donors (Lipinski definition) is 8. The maximum atomic E-state index is 10.6. The molecule has 2 aliphatic rings. The van der Waals surface area contributed by atoms with Crippen LogP contribution in [0.25, 0.3) is 0 Å². The molecule has 4 atom stereocenters. The van der Waals surface area contributed by atoms with Crippen LogP contribution in [0, 0.1) is 0 Å². The quantitative estimate of drug-likeness (QED) is 0.0532. The molecule has 0 amide bonds. The SMILES string of the molecule is O=S(=O)(O)CC(O)CN1CCN(CC(O)CS(=O)(=O)O)CC1.O=S(=O)(O)CC(O)CN1CCN(CC(O)CS(=O)(=O)O)CC1.[Na].[Na].[Na]. The minimum Gasteiger partial charge on any atom is -0.391 e. The minimum absolute atomic E-state index is 0. The summed E-state index contributed by atoms with van der Waals surface area (Å²) in [6.45, 7) is 4.40. The molecule has 0 bridgehead atoms. The molecule has 2 fully saturated rings. The molecule has 27 heteroatoms. The molecule has 0 aromatic carbocycles. The maximum absolute atomic E-state index is 10.6. The zero-order valence-electron chi connectivity index (χ0n) is 26.9. The molecule has 4 unspecified atom stereocenters. The average Bonchev–Trinajstić information content (AvgIpc) is 2.77. The summed E-state index contributed by atoms with van der Waals surface area (Å²) in [6.07, 6.45) is -4.75. The van der Waals surface area contributed by atoms with E-state index in [2.05, 4.69) is 0 Å². The number of hydrogen-bond acceptors (Lipinski definition) is 16. The number of aliphatic hydroxyl groups is 4. The van der Waals surface area contributed by atoms with Gasteiger partial charge in [0.1, 0.15) is 23.0 Å². The van der Waals surface area contributed by atoms with Gasteiger partial charge < -0.3 is 20.4 Å². The molecule has 2 saturated heterocycles. The Kier molecular flexibility index (Phi) is 28.1. The van der Waals surface area contributed by atoms with Crippen LogP contribution in [0.3, 0.4) is 0 Å². The summed E-state index contributed by atoms with van der Waals surface area (Å²) >= 11 is 0. The fourth-order valence-electron chi connectivity index (χ4n) is 4.68. The molecule has 47 heavy (non-hydrogen) atoms. The van der Waals surface area contributed by atoms with Gasteiger partial charge in [-0.3, -0.25) is 37.8 Å². The Bertz CT molecular complexity index is 1100. The number of rotatable bonds is 16. The molecule has 0 saturated carbocycles. The molecule has 2 heterocycles. The van der Waals surface area contributed by atoms with Crippen LogP contribution in [0.1, 0.15) is 0 Å². The van der Waals surface area contributed by atoms with Crippen molar-refractivity contribution in [2.45, 2.75) is 24.4 Å². The van der Waals surface area contributed by atoms with E-state index >= 15 is 0 Å². The van der Waals surface area contributed by atoms with Crippen molar-refractivity contribution in [2.75, 3.05) is 102 Å². The summed E-state index contributed by atoms with van der Waals surface area (Å²) in [5, 5.41) is 38.2. The third-order valence-electron chi connectivity index (χ3n) is 6.42. The summed E-state index contributed by atoms with van der Waals surface area (Å²) < 4.78 is 120. The Labute approximate surface area is 343 Å². The molecule has 2 rings (SSSR count). The average molecular weight is 794 g/mol. The second-order valence-electron chi connectivity index (χ2n) is 10.8. The second-order valence-corrected chi connectivity index (χ2v) is 16.8. The minimum atomic E-state index is -4.22. The Morgan fingerprint density at radius 2 is 0.489 bits per heavy atom. The molecule has 2 aliphatic heterocycles. The van der Waals surface area contributed by atoms with Gasteiger partial charge in [0.25, 0.3) is 40.5 Å². The Hall–Kier alpha value is 2.32. The third-order valence-corrected chi connectivity index (χ3v) is 9.64. The second kappa shape index (κ2) is 24.6. The Balaban J connectivity index is -0.000000774. The van der Waals surface area contributed by atoms with Crippen LogP contribution in [0.2, 0.25) is 0 Å². The number of aliphatic hydroxyl groups excluding tert-OH is 4. The maximum Gasteiger partial charge on any atom is 0.267 e. The van der Waals surface area contributed by atoms with Crippen molar-refractivity contribution >= 4 is 129 Å². The van der Waals surface area contributed by atoms with Crippen molar-refractivity contribution in [3.05, 3.63) is 0 Å². The van der Waals surface area contributed by atoms with Gasteiger partial charge in [-0.1, -0.05) is 0 Å². The van der Waals surface area contributed by atoms with E-state index in [-0.39, 0.29) is 115 Å². The summed E-state index contributed by atoms with van der Waals surface area (Å²) in [4.78, 5) is 7.23. The topological polar surface area (TPSA) is 311 Å². The summed E-state index contributed by atoms with van der Waals surface area (Å²) in [6, 6.07) is 0. The fourth-order valence-corrected chi connectivity index (χ4v) is 7.05. The van der Waals surface area contributed by atoms with E-state index in [0.29, 0.717) is 52.4 Å². The van der Waals surface area contributed by atoms with E-state index in [0.717, 1.165) is 0 Å². The first-order valence-electron chi connectivity index (χ1n) is 13.3. The number of piperazine rings is 2. The molecule has 267 valence electrons. The largest absolute Gasteiger partial charge is 0.391 e. The van der Waals surface area contributed by atoms with Crippen molar-refractivity contribution in [3.63, 3.8) is 0 Å². The van der Waals surface area contributed by atoms with E-state index in [1.54, 1.807) is 0 Å². The number of nitrogens with zero attached hydrogens (tertiary/aromatic N) is 4. The van der Waals surface area contributed by atoms with E-state index in [9.17, 15) is 54.1 Å². The van der Waals surface area contributed by atoms with Crippen LogP contribution in [-0.4, -0.2) is 307 Å². The standard InChI is InChI=1S/2C10H22N2O8S2.3Na/c2*13-9(7-21(15,16)17)5-11-1-2-12(4-3-11)6-10(14)8-22(18,19)20;;;/h2*9-10,13-14H,1-8H2,(H,15,16,17)(H,18,19,20);;;. The zero-order valence-corrected chi connectivity index (χ0v) is 36.2. The first-order chi connectivity index (χ1) is 19.9. The van der Waals surface area contributed by atoms with E-state index in [1.807, 2.05) is 19.6 Å². The molecule has 0 aliphatic carbocycles. The smallest absolute Gasteiger partial charge is 0.267 e. The monoisotopic (exact) mass is 793 g/mol. The van der Waals surface area contributed by atoms with Crippen molar-refractivity contribution in [3.8, 4) is 0 Å². The molecule has 0 spiro atoms. The van der Waals surface area contributed by atoms with E-state index in [4.69, 9.17) is 18.2 Å². The van der Waals surface area contributed by atoms with E-state index < -0.39 is 87.9 Å². The normalized spacial score (nSPS) is 20.3. The fraction of sp³-hybridized carbons (Fsp3) is 1.00. The summed E-state index contributed by atoms with van der Waals surface area (Å²) in [5.74, 6) is -2.89. The van der Waals surface area contributed by atoms with Gasteiger partial charge in [-0.15, -0.1) is 0 Å².